The lowest BCUT2D eigenvalue weighted by molar-refractivity contribution is -0.0330. The minimum Gasteiger partial charge on any atom is -0.396 e. The molecule has 0 spiro atoms. The zero-order valence-corrected chi connectivity index (χ0v) is 14.2. The molecule has 1 aliphatic heterocycles. The van der Waals surface area contributed by atoms with E-state index in [4.69, 9.17) is 0 Å². The van der Waals surface area contributed by atoms with Crippen LogP contribution in [0.1, 0.15) is 25.5 Å². The Morgan fingerprint density at radius 3 is 2.39 bits per heavy atom. The van der Waals surface area contributed by atoms with E-state index in [1.54, 1.807) is 18.2 Å². The highest BCUT2D eigenvalue weighted by molar-refractivity contribution is 8.00. The lowest BCUT2D eigenvalue weighted by Crippen LogP contribution is -2.49. The lowest BCUT2D eigenvalue weighted by Gasteiger charge is -2.44. The highest BCUT2D eigenvalue weighted by Gasteiger charge is 2.39. The van der Waals surface area contributed by atoms with Crippen molar-refractivity contribution in [2.75, 3.05) is 32.8 Å². The van der Waals surface area contributed by atoms with Crippen LogP contribution in [-0.4, -0.2) is 48.3 Å². The third kappa shape index (κ3) is 4.86. The Bertz CT molecular complexity index is 516. The molecule has 1 aromatic rings. The molecule has 0 saturated carbocycles. The molecule has 1 heterocycles. The molecule has 1 saturated heterocycles. The summed E-state index contributed by atoms with van der Waals surface area (Å²) in [6, 6.07) is 6.38. The van der Waals surface area contributed by atoms with Gasteiger partial charge in [-0.3, -0.25) is 4.90 Å². The maximum Gasteiger partial charge on any atom is 0.446 e. The Hall–Kier alpha value is -0.760. The monoisotopic (exact) mass is 348 g/mol. The van der Waals surface area contributed by atoms with E-state index >= 15 is 0 Å². The smallest absolute Gasteiger partial charge is 0.396 e. The molecule has 0 bridgehead atoms. The number of aliphatic hydroxyl groups is 1. The van der Waals surface area contributed by atoms with Gasteiger partial charge in [-0.05, 0) is 23.4 Å². The van der Waals surface area contributed by atoms with Gasteiger partial charge in [0, 0.05) is 49.1 Å². The average Bonchev–Trinajstić information content (AvgIpc) is 2.49. The Balaban J connectivity index is 2.43. The Morgan fingerprint density at radius 1 is 1.22 bits per heavy atom. The van der Waals surface area contributed by atoms with E-state index in [-0.39, 0.29) is 29.3 Å². The fraction of sp³-hybridized carbons (Fsp3) is 0.625. The summed E-state index contributed by atoms with van der Waals surface area (Å²) in [5.41, 5.74) is -4.23. The van der Waals surface area contributed by atoms with Gasteiger partial charge in [0.2, 0.25) is 0 Å². The summed E-state index contributed by atoms with van der Waals surface area (Å²) in [6.45, 7) is 6.80. The molecule has 1 aliphatic rings. The third-order valence-corrected chi connectivity index (χ3v) is 4.93. The zero-order valence-electron chi connectivity index (χ0n) is 13.4. The van der Waals surface area contributed by atoms with Crippen LogP contribution < -0.4 is 5.32 Å². The molecular weight excluding hydrogens is 325 g/mol. The SMILES string of the molecule is CC(C)(CO)[C@H](c1ccccc1SC(F)(F)F)N1CCNCC1. The number of hydrogen-bond acceptors (Lipinski definition) is 4. The highest BCUT2D eigenvalue weighted by Crippen LogP contribution is 2.45. The molecule has 0 aromatic heterocycles. The lowest BCUT2D eigenvalue weighted by atomic mass is 9.79. The number of thioether (sulfide) groups is 1. The van der Waals surface area contributed by atoms with Crippen LogP contribution in [0.25, 0.3) is 0 Å². The quantitative estimate of drug-likeness (QED) is 0.801. The van der Waals surface area contributed by atoms with Gasteiger partial charge in [-0.2, -0.15) is 13.2 Å². The van der Waals surface area contributed by atoms with Crippen LogP contribution in [0.3, 0.4) is 0 Å². The number of nitrogens with zero attached hydrogens (tertiary/aromatic N) is 1. The van der Waals surface area contributed by atoms with Crippen molar-refractivity contribution in [3.8, 4) is 0 Å². The van der Waals surface area contributed by atoms with Gasteiger partial charge in [0.25, 0.3) is 0 Å². The summed E-state index contributed by atoms with van der Waals surface area (Å²) in [7, 11) is 0. The molecular formula is C16H23F3N2OS. The normalized spacial score (nSPS) is 18.9. The largest absolute Gasteiger partial charge is 0.446 e. The minimum absolute atomic E-state index is 0.0776. The van der Waals surface area contributed by atoms with Crippen LogP contribution in [0.5, 0.6) is 0 Å². The first kappa shape index (κ1) is 18.6. The van der Waals surface area contributed by atoms with E-state index in [9.17, 15) is 18.3 Å². The van der Waals surface area contributed by atoms with E-state index in [0.717, 1.165) is 26.2 Å². The summed E-state index contributed by atoms with van der Waals surface area (Å²) >= 11 is -0.0776. The standard InChI is InChI=1S/C16H23F3N2OS/c1-15(2,11-22)14(21-9-7-20-8-10-21)12-5-3-4-6-13(12)23-16(17,18)19/h3-6,14,20,22H,7-11H2,1-2H3/t14-/m0/s1. The number of nitrogens with one attached hydrogen (secondary N) is 1. The van der Waals surface area contributed by atoms with Gasteiger partial charge in [-0.15, -0.1) is 0 Å². The third-order valence-electron chi connectivity index (χ3n) is 4.10. The van der Waals surface area contributed by atoms with Crippen LogP contribution >= 0.6 is 11.8 Å². The number of halogens is 3. The first-order chi connectivity index (χ1) is 10.7. The Labute approximate surface area is 139 Å². The van der Waals surface area contributed by atoms with Crippen LogP contribution in [0.15, 0.2) is 29.2 Å². The average molecular weight is 348 g/mol. The number of rotatable bonds is 5. The molecule has 2 rings (SSSR count). The summed E-state index contributed by atoms with van der Waals surface area (Å²) in [4.78, 5) is 2.38. The number of piperazine rings is 1. The molecule has 1 aromatic carbocycles. The molecule has 23 heavy (non-hydrogen) atoms. The van der Waals surface area contributed by atoms with Crippen LogP contribution in [0, 0.1) is 5.41 Å². The molecule has 0 unspecified atom stereocenters. The van der Waals surface area contributed by atoms with E-state index in [2.05, 4.69) is 10.2 Å². The van der Waals surface area contributed by atoms with Crippen molar-refractivity contribution < 1.29 is 18.3 Å². The first-order valence-corrected chi connectivity index (χ1v) is 8.46. The summed E-state index contributed by atoms with van der Waals surface area (Å²) in [6.07, 6.45) is 0. The van der Waals surface area contributed by atoms with Gasteiger partial charge < -0.3 is 10.4 Å². The molecule has 2 N–H and O–H groups in total. The predicted octanol–water partition coefficient (Wildman–Crippen LogP) is 3.26. The van der Waals surface area contributed by atoms with Gasteiger partial charge >= 0.3 is 5.51 Å². The Kier molecular flexibility index (Phi) is 5.99. The van der Waals surface area contributed by atoms with Crippen LogP contribution in [0.4, 0.5) is 13.2 Å². The number of alkyl halides is 3. The van der Waals surface area contributed by atoms with Crippen LogP contribution in [0.2, 0.25) is 0 Å². The van der Waals surface area contributed by atoms with Gasteiger partial charge in [-0.25, -0.2) is 0 Å². The molecule has 0 aliphatic carbocycles. The molecule has 0 amide bonds. The van der Waals surface area contributed by atoms with E-state index in [1.807, 2.05) is 13.8 Å². The molecule has 0 radical (unpaired) electrons. The maximum absolute atomic E-state index is 12.9. The molecule has 130 valence electrons. The molecule has 1 atom stereocenters. The van der Waals surface area contributed by atoms with Crippen molar-refractivity contribution in [2.45, 2.75) is 30.3 Å². The Morgan fingerprint density at radius 2 is 1.83 bits per heavy atom. The van der Waals surface area contributed by atoms with E-state index in [1.165, 1.54) is 6.07 Å². The fourth-order valence-corrected chi connectivity index (χ4v) is 3.76. The second-order valence-corrected chi connectivity index (χ2v) is 7.53. The maximum atomic E-state index is 12.9. The van der Waals surface area contributed by atoms with Crippen molar-refractivity contribution in [3.05, 3.63) is 29.8 Å². The second kappa shape index (κ2) is 7.42. The van der Waals surface area contributed by atoms with Gasteiger partial charge in [0.1, 0.15) is 0 Å². The number of benzene rings is 1. The van der Waals surface area contributed by atoms with E-state index in [0.29, 0.717) is 5.56 Å². The van der Waals surface area contributed by atoms with Crippen LogP contribution in [-0.2, 0) is 0 Å². The van der Waals surface area contributed by atoms with E-state index < -0.39 is 10.9 Å². The van der Waals surface area contributed by atoms with Gasteiger partial charge in [0.15, 0.2) is 0 Å². The van der Waals surface area contributed by atoms with Crippen molar-refractivity contribution in [1.29, 1.82) is 0 Å². The molecule has 3 nitrogen and oxygen atoms in total. The minimum atomic E-state index is -4.33. The van der Waals surface area contributed by atoms with Gasteiger partial charge in [0.05, 0.1) is 0 Å². The van der Waals surface area contributed by atoms with Crippen molar-refractivity contribution in [2.24, 2.45) is 5.41 Å². The zero-order chi connectivity index (χ0) is 17.1. The number of aliphatic hydroxyl groups excluding tert-OH is 1. The molecule has 7 heteroatoms. The van der Waals surface area contributed by atoms with Crippen molar-refractivity contribution >= 4 is 11.8 Å². The second-order valence-electron chi connectivity index (χ2n) is 6.42. The topological polar surface area (TPSA) is 35.5 Å². The van der Waals surface area contributed by atoms with Gasteiger partial charge in [-0.1, -0.05) is 32.0 Å². The molecule has 1 fully saturated rings. The predicted molar refractivity (Wildman–Crippen MR) is 86.4 cm³/mol. The fourth-order valence-electron chi connectivity index (χ4n) is 3.06. The summed E-state index contributed by atoms with van der Waals surface area (Å²) < 4.78 is 38.7. The number of hydrogen-bond donors (Lipinski definition) is 2. The first-order valence-electron chi connectivity index (χ1n) is 7.65. The van der Waals surface area contributed by atoms with Crippen molar-refractivity contribution in [1.82, 2.24) is 10.2 Å². The van der Waals surface area contributed by atoms with Crippen molar-refractivity contribution in [3.63, 3.8) is 0 Å². The highest BCUT2D eigenvalue weighted by atomic mass is 32.2. The summed E-state index contributed by atoms with van der Waals surface area (Å²) in [5, 5.41) is 13.1. The summed E-state index contributed by atoms with van der Waals surface area (Å²) in [5.74, 6) is 0.